The lowest BCUT2D eigenvalue weighted by Crippen LogP contribution is -2.26. The number of benzene rings is 3. The molecule has 29 heavy (non-hydrogen) atoms. The van der Waals surface area contributed by atoms with Gasteiger partial charge in [-0.2, -0.15) is 0 Å². The lowest BCUT2D eigenvalue weighted by Gasteiger charge is -2.20. The summed E-state index contributed by atoms with van der Waals surface area (Å²) in [6.07, 6.45) is 0. The molecular weight excluding hydrogens is 388 g/mol. The second-order valence-corrected chi connectivity index (χ2v) is 8.49. The highest BCUT2D eigenvalue weighted by Crippen LogP contribution is 2.23. The molecule has 0 atom stereocenters. The first-order valence-corrected chi connectivity index (χ1v) is 10.4. The molecule has 3 rings (SSSR count). The number of methoxy groups -OCH3 is 1. The van der Waals surface area contributed by atoms with Crippen molar-refractivity contribution in [2.75, 3.05) is 23.8 Å². The number of anilines is 2. The van der Waals surface area contributed by atoms with E-state index in [1.54, 1.807) is 55.6 Å². The van der Waals surface area contributed by atoms with E-state index >= 15 is 0 Å². The fourth-order valence-electron chi connectivity index (χ4n) is 2.73. The molecule has 0 aliphatic heterocycles. The Balaban J connectivity index is 1.83. The van der Waals surface area contributed by atoms with Gasteiger partial charge >= 0.3 is 0 Å². The number of hydrogen-bond donors (Lipinski definition) is 1. The number of nitrogens with one attached hydrogen (secondary N) is 1. The highest BCUT2D eigenvalue weighted by molar-refractivity contribution is 7.92. The fraction of sp³-hybridized carbons (Fsp3) is 0.136. The van der Waals surface area contributed by atoms with Crippen LogP contribution in [0.2, 0.25) is 0 Å². The molecule has 0 aliphatic carbocycles. The largest absolute Gasteiger partial charge is 0.497 e. The summed E-state index contributed by atoms with van der Waals surface area (Å²) in [6, 6.07) is 20.0. The van der Waals surface area contributed by atoms with Crippen LogP contribution in [-0.2, 0) is 10.0 Å². The maximum Gasteiger partial charge on any atom is 0.264 e. The first kappa shape index (κ1) is 20.4. The molecule has 1 amide bonds. The predicted octanol–water partition coefficient (Wildman–Crippen LogP) is 4.08. The van der Waals surface area contributed by atoms with Crippen molar-refractivity contribution in [1.29, 1.82) is 0 Å². The van der Waals surface area contributed by atoms with Gasteiger partial charge in [0, 0.05) is 18.3 Å². The van der Waals surface area contributed by atoms with E-state index in [1.165, 1.54) is 23.5 Å². The van der Waals surface area contributed by atoms with E-state index < -0.39 is 15.9 Å². The third kappa shape index (κ3) is 4.57. The number of aryl methyl sites for hydroxylation is 1. The first-order chi connectivity index (χ1) is 13.8. The second kappa shape index (κ2) is 8.36. The van der Waals surface area contributed by atoms with Gasteiger partial charge in [-0.1, -0.05) is 23.8 Å². The Morgan fingerprint density at radius 1 is 0.966 bits per heavy atom. The highest BCUT2D eigenvalue weighted by atomic mass is 32.2. The van der Waals surface area contributed by atoms with Crippen LogP contribution in [0.1, 0.15) is 15.9 Å². The van der Waals surface area contributed by atoms with Gasteiger partial charge in [-0.3, -0.25) is 9.10 Å². The Bertz CT molecular complexity index is 1110. The number of sulfonamides is 1. The van der Waals surface area contributed by atoms with Crippen LogP contribution < -0.4 is 14.4 Å². The van der Waals surface area contributed by atoms with Gasteiger partial charge in [-0.05, 0) is 61.5 Å². The van der Waals surface area contributed by atoms with Gasteiger partial charge in [0.15, 0.2) is 0 Å². The molecule has 1 N–H and O–H groups in total. The quantitative estimate of drug-likeness (QED) is 0.664. The van der Waals surface area contributed by atoms with E-state index in [0.29, 0.717) is 17.1 Å². The van der Waals surface area contributed by atoms with Gasteiger partial charge in [0.05, 0.1) is 17.7 Å². The highest BCUT2D eigenvalue weighted by Gasteiger charge is 2.22. The average Bonchev–Trinajstić information content (AvgIpc) is 2.74. The molecular formula is C22H22N2O4S. The van der Waals surface area contributed by atoms with Gasteiger partial charge in [0.1, 0.15) is 5.75 Å². The van der Waals surface area contributed by atoms with Crippen LogP contribution in [0.25, 0.3) is 0 Å². The first-order valence-electron chi connectivity index (χ1n) is 8.92. The molecule has 0 fully saturated rings. The van der Waals surface area contributed by atoms with Crippen molar-refractivity contribution in [1.82, 2.24) is 0 Å². The third-order valence-corrected chi connectivity index (χ3v) is 6.28. The fourth-order valence-corrected chi connectivity index (χ4v) is 3.97. The smallest absolute Gasteiger partial charge is 0.264 e. The summed E-state index contributed by atoms with van der Waals surface area (Å²) in [7, 11) is -0.753. The van der Waals surface area contributed by atoms with Crippen molar-refractivity contribution in [3.63, 3.8) is 0 Å². The molecule has 150 valence electrons. The summed E-state index contributed by atoms with van der Waals surface area (Å²) in [5.41, 5.74) is 2.42. The minimum absolute atomic E-state index is 0.0444. The summed E-state index contributed by atoms with van der Waals surface area (Å²) in [5.74, 6) is 0.278. The molecule has 6 nitrogen and oxygen atoms in total. The molecule has 3 aromatic carbocycles. The van der Waals surface area contributed by atoms with Crippen LogP contribution in [0.4, 0.5) is 11.4 Å². The lowest BCUT2D eigenvalue weighted by atomic mass is 10.2. The number of rotatable bonds is 6. The van der Waals surface area contributed by atoms with Crippen molar-refractivity contribution in [3.8, 4) is 5.75 Å². The van der Waals surface area contributed by atoms with Gasteiger partial charge in [0.2, 0.25) is 0 Å². The Labute approximate surface area is 170 Å². The number of ether oxygens (including phenoxy) is 1. The van der Waals surface area contributed by atoms with Crippen LogP contribution in [0, 0.1) is 6.92 Å². The van der Waals surface area contributed by atoms with Gasteiger partial charge < -0.3 is 10.1 Å². The zero-order chi connectivity index (χ0) is 21.0. The van der Waals surface area contributed by atoms with Crippen LogP contribution >= 0.6 is 0 Å². The second-order valence-electron chi connectivity index (χ2n) is 6.52. The maximum atomic E-state index is 13.0. The Kier molecular flexibility index (Phi) is 5.89. The molecule has 0 aromatic heterocycles. The number of carbonyl (C=O) groups excluding carboxylic acids is 1. The Morgan fingerprint density at radius 2 is 1.62 bits per heavy atom. The van der Waals surface area contributed by atoms with Gasteiger partial charge in [-0.15, -0.1) is 0 Å². The Morgan fingerprint density at radius 3 is 2.24 bits per heavy atom. The topological polar surface area (TPSA) is 75.7 Å². The van der Waals surface area contributed by atoms with E-state index in [0.717, 1.165) is 5.56 Å². The molecule has 0 saturated carbocycles. The SMILES string of the molecule is COc1ccc(NC(=O)c2cccc(S(=O)(=O)N(C)c3ccc(C)cc3)c2)cc1. The third-order valence-electron chi connectivity index (χ3n) is 4.50. The molecule has 3 aromatic rings. The Hall–Kier alpha value is -3.32. The monoisotopic (exact) mass is 410 g/mol. The normalized spacial score (nSPS) is 11.0. The van der Waals surface area contributed by atoms with E-state index in [4.69, 9.17) is 4.74 Å². The van der Waals surface area contributed by atoms with Crippen molar-refractivity contribution in [2.45, 2.75) is 11.8 Å². The molecule has 0 aliphatic rings. The van der Waals surface area contributed by atoms with Crippen molar-refractivity contribution in [2.24, 2.45) is 0 Å². The molecule has 0 bridgehead atoms. The van der Waals surface area contributed by atoms with Crippen molar-refractivity contribution >= 4 is 27.3 Å². The summed E-state index contributed by atoms with van der Waals surface area (Å²) in [5, 5.41) is 2.75. The van der Waals surface area contributed by atoms with E-state index in [2.05, 4.69) is 5.32 Å². The summed E-state index contributed by atoms with van der Waals surface area (Å²) >= 11 is 0. The molecule has 0 saturated heterocycles. The van der Waals surface area contributed by atoms with Gasteiger partial charge in [-0.25, -0.2) is 8.42 Å². The number of hydrogen-bond acceptors (Lipinski definition) is 4. The molecule has 0 heterocycles. The van der Waals surface area contributed by atoms with E-state index in [9.17, 15) is 13.2 Å². The van der Waals surface area contributed by atoms with Crippen LogP contribution in [-0.4, -0.2) is 28.5 Å². The molecule has 0 spiro atoms. The average molecular weight is 410 g/mol. The molecule has 7 heteroatoms. The van der Waals surface area contributed by atoms with E-state index in [-0.39, 0.29) is 10.5 Å². The lowest BCUT2D eigenvalue weighted by molar-refractivity contribution is 0.102. The van der Waals surface area contributed by atoms with Crippen LogP contribution in [0.3, 0.4) is 0 Å². The minimum atomic E-state index is -3.81. The molecule has 0 unspecified atom stereocenters. The van der Waals surface area contributed by atoms with Gasteiger partial charge in [0.25, 0.3) is 15.9 Å². The van der Waals surface area contributed by atoms with Crippen molar-refractivity contribution in [3.05, 3.63) is 83.9 Å². The van der Waals surface area contributed by atoms with Crippen LogP contribution in [0.5, 0.6) is 5.75 Å². The predicted molar refractivity (Wildman–Crippen MR) is 114 cm³/mol. The minimum Gasteiger partial charge on any atom is -0.497 e. The summed E-state index contributed by atoms with van der Waals surface area (Å²) < 4.78 is 32.3. The zero-order valence-corrected chi connectivity index (χ0v) is 17.2. The summed E-state index contributed by atoms with van der Waals surface area (Å²) in [6.45, 7) is 1.93. The maximum absolute atomic E-state index is 13.0. The number of nitrogens with zero attached hydrogens (tertiary/aromatic N) is 1. The number of carbonyl (C=O) groups is 1. The van der Waals surface area contributed by atoms with Crippen LogP contribution in [0.15, 0.2) is 77.7 Å². The van der Waals surface area contributed by atoms with E-state index in [1.807, 2.05) is 19.1 Å². The summed E-state index contributed by atoms with van der Waals surface area (Å²) in [4.78, 5) is 12.6. The number of amides is 1. The standard InChI is InChI=1S/C22H22N2O4S/c1-16-7-11-19(12-8-16)24(2)29(26,27)21-6-4-5-17(15-21)22(25)23-18-9-13-20(28-3)14-10-18/h4-15H,1-3H3,(H,23,25). The van der Waals surface area contributed by atoms with Crippen molar-refractivity contribution < 1.29 is 17.9 Å². The zero-order valence-electron chi connectivity index (χ0n) is 16.4. The molecule has 0 radical (unpaired) electrons.